The molecule has 1 aromatic carbocycles. The first-order valence-electron chi connectivity index (χ1n) is 8.03. The van der Waals surface area contributed by atoms with E-state index in [2.05, 4.69) is 10.3 Å². The average Bonchev–Trinajstić information content (AvgIpc) is 2.88. The average molecular weight is 367 g/mol. The quantitative estimate of drug-likeness (QED) is 0.299. The zero-order valence-corrected chi connectivity index (χ0v) is 14.5. The third-order valence-electron chi connectivity index (χ3n) is 4.32. The first-order chi connectivity index (χ1) is 12.6. The molecule has 2 bridgehead atoms. The Morgan fingerprint density at radius 3 is 2.85 bits per heavy atom. The Balaban J connectivity index is 1.82. The van der Waals surface area contributed by atoms with E-state index in [1.165, 1.54) is 12.0 Å². The highest BCUT2D eigenvalue weighted by Crippen LogP contribution is 2.44. The molecule has 2 aliphatic heterocycles. The fourth-order valence-corrected chi connectivity index (χ4v) is 3.15. The maximum absolute atomic E-state index is 12.4. The number of benzene rings is 1. The number of hydroxylamine groups is 3. The number of carbonyl (C=O) groups excluding carboxylic acids is 2. The van der Waals surface area contributed by atoms with Crippen LogP contribution in [0.4, 0.5) is 4.79 Å². The third-order valence-corrected chi connectivity index (χ3v) is 4.32. The van der Waals surface area contributed by atoms with Crippen LogP contribution >= 0.6 is 0 Å². The molecule has 2 aliphatic rings. The molecule has 0 radical (unpaired) electrons. The van der Waals surface area contributed by atoms with Gasteiger partial charge in [-0.05, 0) is 23.3 Å². The Kier molecular flexibility index (Phi) is 5.57. The van der Waals surface area contributed by atoms with Crippen LogP contribution in [0, 0.1) is 0 Å². The van der Waals surface area contributed by atoms with Gasteiger partial charge in [-0.3, -0.25) is 14.8 Å². The second kappa shape index (κ2) is 7.87. The Hall–Kier alpha value is -2.40. The van der Waals surface area contributed by atoms with Crippen molar-refractivity contribution in [1.29, 1.82) is 0 Å². The van der Waals surface area contributed by atoms with Crippen molar-refractivity contribution in [3.8, 4) is 5.75 Å². The van der Waals surface area contributed by atoms with Gasteiger partial charge in [0.15, 0.2) is 6.79 Å². The van der Waals surface area contributed by atoms with Crippen molar-refractivity contribution in [3.05, 3.63) is 29.3 Å². The number of hydrogen-bond donors (Lipinski definition) is 2. The van der Waals surface area contributed by atoms with Gasteiger partial charge in [-0.25, -0.2) is 10.3 Å². The fourth-order valence-electron chi connectivity index (χ4n) is 3.15. The molecular weight excluding hydrogens is 346 g/mol. The van der Waals surface area contributed by atoms with E-state index in [9.17, 15) is 14.8 Å². The molecule has 1 aromatic rings. The predicted molar refractivity (Wildman–Crippen MR) is 86.1 cm³/mol. The van der Waals surface area contributed by atoms with Crippen molar-refractivity contribution in [1.82, 2.24) is 15.4 Å². The molecule has 0 spiro atoms. The maximum Gasteiger partial charge on any atom is 0.345 e. The van der Waals surface area contributed by atoms with E-state index in [-0.39, 0.29) is 13.3 Å². The standard InChI is InChI=1S/C16H21N3O7/c1-23-5-6-25-9-26-10-3-4-11-12(7-10)13-8-18(16(21)19(13)22)14(11)15(20)17-24-2/h3-4,7,13-14,22H,5-6,8-9H2,1-2H3,(H,17,20)/t13-,14?/m1/s1. The van der Waals surface area contributed by atoms with E-state index in [1.807, 2.05) is 0 Å². The van der Waals surface area contributed by atoms with Crippen LogP contribution < -0.4 is 10.2 Å². The van der Waals surface area contributed by atoms with Gasteiger partial charge < -0.3 is 19.1 Å². The highest BCUT2D eigenvalue weighted by molar-refractivity contribution is 5.90. The van der Waals surface area contributed by atoms with Gasteiger partial charge in [0.2, 0.25) is 0 Å². The number of ether oxygens (including phenoxy) is 3. The summed E-state index contributed by atoms with van der Waals surface area (Å²) in [5.74, 6) is 0.0145. The lowest BCUT2D eigenvalue weighted by molar-refractivity contribution is -0.136. The third kappa shape index (κ3) is 3.31. The number of amides is 3. The summed E-state index contributed by atoms with van der Waals surface area (Å²) >= 11 is 0. The summed E-state index contributed by atoms with van der Waals surface area (Å²) in [7, 11) is 2.89. The molecule has 0 saturated carbocycles. The largest absolute Gasteiger partial charge is 0.468 e. The molecule has 0 aliphatic carbocycles. The van der Waals surface area contributed by atoms with Gasteiger partial charge in [-0.2, -0.15) is 5.06 Å². The summed E-state index contributed by atoms with van der Waals surface area (Å²) in [6.45, 7) is 1.09. The van der Waals surface area contributed by atoms with Crippen LogP contribution in [0.25, 0.3) is 0 Å². The van der Waals surface area contributed by atoms with E-state index >= 15 is 0 Å². The van der Waals surface area contributed by atoms with E-state index in [0.29, 0.717) is 35.2 Å². The van der Waals surface area contributed by atoms with Crippen molar-refractivity contribution in [2.75, 3.05) is 40.8 Å². The van der Waals surface area contributed by atoms with Crippen LogP contribution in [0.2, 0.25) is 0 Å². The minimum Gasteiger partial charge on any atom is -0.468 e. The lowest BCUT2D eigenvalue weighted by atomic mass is 9.90. The molecule has 10 heteroatoms. The first-order valence-corrected chi connectivity index (χ1v) is 8.03. The summed E-state index contributed by atoms with van der Waals surface area (Å²) < 4.78 is 15.7. The maximum atomic E-state index is 12.4. The zero-order chi connectivity index (χ0) is 18.7. The van der Waals surface area contributed by atoms with Crippen LogP contribution in [0.5, 0.6) is 5.75 Å². The number of hydrogen-bond acceptors (Lipinski definition) is 7. The first kappa shape index (κ1) is 18.4. The van der Waals surface area contributed by atoms with E-state index in [0.717, 1.165) is 0 Å². The molecular formula is C16H21N3O7. The topological polar surface area (TPSA) is 110 Å². The van der Waals surface area contributed by atoms with Crippen LogP contribution in [-0.4, -0.2) is 67.9 Å². The van der Waals surface area contributed by atoms with Gasteiger partial charge in [0.05, 0.1) is 26.9 Å². The van der Waals surface area contributed by atoms with Crippen molar-refractivity contribution in [2.45, 2.75) is 12.1 Å². The summed E-state index contributed by atoms with van der Waals surface area (Å²) in [6.07, 6.45) is 0. The zero-order valence-electron chi connectivity index (χ0n) is 14.5. The number of fused-ring (bicyclic) bond motifs is 4. The molecule has 26 heavy (non-hydrogen) atoms. The Bertz CT molecular complexity index is 684. The molecule has 142 valence electrons. The molecule has 1 saturated heterocycles. The van der Waals surface area contributed by atoms with Crippen LogP contribution in [0.1, 0.15) is 23.2 Å². The van der Waals surface area contributed by atoms with E-state index < -0.39 is 24.0 Å². The summed E-state index contributed by atoms with van der Waals surface area (Å²) in [6, 6.07) is 2.99. The minimum atomic E-state index is -0.891. The molecule has 1 fully saturated rings. The van der Waals surface area contributed by atoms with Crippen LogP contribution in [0.3, 0.4) is 0 Å². The Labute approximate surface area is 150 Å². The van der Waals surface area contributed by atoms with Gasteiger partial charge in [-0.1, -0.05) is 6.07 Å². The minimum absolute atomic E-state index is 0.0360. The number of rotatable bonds is 8. The molecule has 2 N–H and O–H groups in total. The molecule has 3 rings (SSSR count). The van der Waals surface area contributed by atoms with Crippen molar-refractivity contribution in [3.63, 3.8) is 0 Å². The molecule has 10 nitrogen and oxygen atoms in total. The number of methoxy groups -OCH3 is 1. The van der Waals surface area contributed by atoms with E-state index in [1.54, 1.807) is 25.3 Å². The SMILES string of the molecule is COCCOCOc1ccc2c(c1)[C@H]1CN(C(=O)N1O)C2C(=O)NOC. The number of nitrogens with one attached hydrogen (secondary N) is 1. The molecule has 1 unspecified atom stereocenters. The predicted octanol–water partition coefficient (Wildman–Crippen LogP) is 0.586. The molecule has 2 atom stereocenters. The van der Waals surface area contributed by atoms with Gasteiger partial charge in [-0.15, -0.1) is 0 Å². The lowest BCUT2D eigenvalue weighted by Gasteiger charge is -2.31. The number of carbonyl (C=O) groups is 2. The smallest absolute Gasteiger partial charge is 0.345 e. The Morgan fingerprint density at radius 1 is 1.31 bits per heavy atom. The number of urea groups is 1. The van der Waals surface area contributed by atoms with Crippen molar-refractivity contribution in [2.24, 2.45) is 0 Å². The lowest BCUT2D eigenvalue weighted by Crippen LogP contribution is -2.43. The monoisotopic (exact) mass is 367 g/mol. The molecule has 2 heterocycles. The summed E-state index contributed by atoms with van der Waals surface area (Å²) in [5.41, 5.74) is 3.49. The van der Waals surface area contributed by atoms with Gasteiger partial charge in [0.25, 0.3) is 5.91 Å². The fraction of sp³-hybridized carbons (Fsp3) is 0.500. The van der Waals surface area contributed by atoms with Crippen LogP contribution in [-0.2, 0) is 19.1 Å². The van der Waals surface area contributed by atoms with Crippen LogP contribution in [0.15, 0.2) is 18.2 Å². The Morgan fingerprint density at radius 2 is 2.12 bits per heavy atom. The van der Waals surface area contributed by atoms with E-state index in [4.69, 9.17) is 14.2 Å². The highest BCUT2D eigenvalue weighted by Gasteiger charge is 2.50. The number of nitrogens with zero attached hydrogens (tertiary/aromatic N) is 2. The second-order valence-electron chi connectivity index (χ2n) is 5.82. The second-order valence-corrected chi connectivity index (χ2v) is 5.82. The highest BCUT2D eigenvalue weighted by atomic mass is 16.7. The van der Waals surface area contributed by atoms with Gasteiger partial charge in [0.1, 0.15) is 17.8 Å². The van der Waals surface area contributed by atoms with Crippen molar-refractivity contribution < 1.29 is 33.8 Å². The molecule has 0 aromatic heterocycles. The van der Waals surface area contributed by atoms with Gasteiger partial charge >= 0.3 is 6.03 Å². The normalized spacial score (nSPS) is 21.0. The molecule has 3 amide bonds. The summed E-state index contributed by atoms with van der Waals surface area (Å²) in [5, 5.41) is 10.7. The van der Waals surface area contributed by atoms with Gasteiger partial charge in [0, 0.05) is 7.11 Å². The summed E-state index contributed by atoms with van der Waals surface area (Å²) in [4.78, 5) is 30.6. The van der Waals surface area contributed by atoms with Crippen molar-refractivity contribution >= 4 is 11.9 Å².